The molecular formula is C15H8Cl2F3NO. The van der Waals surface area contributed by atoms with Crippen LogP contribution in [0.1, 0.15) is 0 Å². The number of ether oxygens (including phenoxy) is 1. The predicted octanol–water partition coefficient (Wildman–Crippen LogP) is 6.04. The van der Waals surface area contributed by atoms with Crippen molar-refractivity contribution in [2.24, 2.45) is 0 Å². The van der Waals surface area contributed by atoms with Gasteiger partial charge in [-0.1, -0.05) is 23.2 Å². The quantitative estimate of drug-likeness (QED) is 0.601. The van der Waals surface area contributed by atoms with Crippen LogP contribution in [0.15, 0.2) is 42.5 Å². The average Bonchev–Trinajstić information content (AvgIpc) is 2.81. The van der Waals surface area contributed by atoms with Crippen molar-refractivity contribution < 1.29 is 17.9 Å². The van der Waals surface area contributed by atoms with Gasteiger partial charge in [-0.15, -0.1) is 13.2 Å². The lowest BCUT2D eigenvalue weighted by molar-refractivity contribution is -0.274. The van der Waals surface area contributed by atoms with Gasteiger partial charge in [-0.2, -0.15) is 0 Å². The number of aromatic amines is 1. The van der Waals surface area contributed by atoms with E-state index in [0.717, 1.165) is 22.2 Å². The Kier molecular flexibility index (Phi) is 3.70. The first-order chi connectivity index (χ1) is 10.3. The summed E-state index contributed by atoms with van der Waals surface area (Å²) in [6.07, 6.45) is -4.70. The van der Waals surface area contributed by atoms with E-state index < -0.39 is 6.36 Å². The number of hydrogen-bond donors (Lipinski definition) is 1. The third kappa shape index (κ3) is 3.15. The van der Waals surface area contributed by atoms with Crippen LogP contribution in [0.25, 0.3) is 22.2 Å². The molecule has 0 aliphatic carbocycles. The smallest absolute Gasteiger partial charge is 0.406 e. The minimum absolute atomic E-state index is 0.265. The molecule has 1 heterocycles. The van der Waals surface area contributed by atoms with Crippen molar-refractivity contribution in [3.63, 3.8) is 0 Å². The molecular weight excluding hydrogens is 338 g/mol. The van der Waals surface area contributed by atoms with Crippen LogP contribution in [-0.2, 0) is 0 Å². The van der Waals surface area contributed by atoms with Crippen LogP contribution in [0.2, 0.25) is 10.0 Å². The number of fused-ring (bicyclic) bond motifs is 1. The van der Waals surface area contributed by atoms with Crippen molar-refractivity contribution in [3.05, 3.63) is 52.5 Å². The third-order valence-electron chi connectivity index (χ3n) is 3.06. The highest BCUT2D eigenvalue weighted by atomic mass is 35.5. The van der Waals surface area contributed by atoms with Gasteiger partial charge < -0.3 is 9.72 Å². The normalized spacial score (nSPS) is 11.9. The number of aromatic nitrogens is 1. The van der Waals surface area contributed by atoms with E-state index in [2.05, 4.69) is 9.72 Å². The summed E-state index contributed by atoms with van der Waals surface area (Å²) in [5.41, 5.74) is 2.25. The zero-order valence-corrected chi connectivity index (χ0v) is 12.4. The number of alkyl halides is 3. The van der Waals surface area contributed by atoms with Crippen molar-refractivity contribution in [2.45, 2.75) is 6.36 Å². The number of hydrogen-bond acceptors (Lipinski definition) is 1. The van der Waals surface area contributed by atoms with E-state index in [1.165, 1.54) is 24.3 Å². The predicted molar refractivity (Wildman–Crippen MR) is 80.4 cm³/mol. The van der Waals surface area contributed by atoms with Crippen molar-refractivity contribution in [1.29, 1.82) is 0 Å². The maximum Gasteiger partial charge on any atom is 0.573 e. The molecule has 0 aliphatic rings. The Morgan fingerprint density at radius 3 is 2.18 bits per heavy atom. The molecule has 0 bridgehead atoms. The van der Waals surface area contributed by atoms with Gasteiger partial charge in [-0.05, 0) is 48.0 Å². The lowest BCUT2D eigenvalue weighted by Gasteiger charge is -2.08. The van der Waals surface area contributed by atoms with E-state index >= 15 is 0 Å². The van der Waals surface area contributed by atoms with Crippen LogP contribution < -0.4 is 4.74 Å². The lowest BCUT2D eigenvalue weighted by Crippen LogP contribution is -2.16. The molecule has 22 heavy (non-hydrogen) atoms. The van der Waals surface area contributed by atoms with Gasteiger partial charge in [0.25, 0.3) is 0 Å². The van der Waals surface area contributed by atoms with Gasteiger partial charge in [0.15, 0.2) is 0 Å². The highest BCUT2D eigenvalue weighted by molar-refractivity contribution is 6.42. The van der Waals surface area contributed by atoms with Gasteiger partial charge in [-0.25, -0.2) is 0 Å². The SMILES string of the molecule is FC(F)(F)Oc1ccc(-c2cc3cc(Cl)c(Cl)cc3[nH]2)cc1. The fourth-order valence-corrected chi connectivity index (χ4v) is 2.45. The van der Waals surface area contributed by atoms with E-state index in [4.69, 9.17) is 23.2 Å². The molecule has 1 aromatic heterocycles. The molecule has 0 spiro atoms. The minimum Gasteiger partial charge on any atom is -0.406 e. The van der Waals surface area contributed by atoms with Crippen LogP contribution in [0.4, 0.5) is 13.2 Å². The molecule has 114 valence electrons. The minimum atomic E-state index is -4.70. The summed E-state index contributed by atoms with van der Waals surface area (Å²) >= 11 is 11.9. The molecule has 0 atom stereocenters. The average molecular weight is 346 g/mol. The molecule has 0 radical (unpaired) electrons. The Labute approximate surface area is 133 Å². The number of benzene rings is 2. The molecule has 0 saturated heterocycles. The van der Waals surface area contributed by atoms with Crippen LogP contribution in [-0.4, -0.2) is 11.3 Å². The molecule has 7 heteroatoms. The fraction of sp³-hybridized carbons (Fsp3) is 0.0667. The second kappa shape index (κ2) is 5.41. The van der Waals surface area contributed by atoms with Gasteiger partial charge in [-0.3, -0.25) is 0 Å². The first-order valence-corrected chi connectivity index (χ1v) is 6.91. The van der Waals surface area contributed by atoms with Crippen molar-refractivity contribution in [2.75, 3.05) is 0 Å². The van der Waals surface area contributed by atoms with Gasteiger partial charge >= 0.3 is 6.36 Å². The van der Waals surface area contributed by atoms with Crippen molar-refractivity contribution in [3.8, 4) is 17.0 Å². The fourth-order valence-electron chi connectivity index (χ4n) is 2.12. The highest BCUT2D eigenvalue weighted by Gasteiger charge is 2.30. The molecule has 2 aromatic carbocycles. The maximum absolute atomic E-state index is 12.1. The first kappa shape index (κ1) is 15.1. The number of halogens is 5. The molecule has 3 aromatic rings. The summed E-state index contributed by atoms with van der Waals surface area (Å²) in [5, 5.41) is 1.73. The zero-order chi connectivity index (χ0) is 15.9. The Morgan fingerprint density at radius 1 is 0.909 bits per heavy atom. The van der Waals surface area contributed by atoms with E-state index in [1.54, 1.807) is 12.1 Å². The summed E-state index contributed by atoms with van der Waals surface area (Å²) in [5.74, 6) is -0.265. The third-order valence-corrected chi connectivity index (χ3v) is 3.78. The summed E-state index contributed by atoms with van der Waals surface area (Å²) < 4.78 is 40.2. The molecule has 0 fully saturated rings. The van der Waals surface area contributed by atoms with Gasteiger partial charge in [0, 0.05) is 16.6 Å². The van der Waals surface area contributed by atoms with Crippen molar-refractivity contribution >= 4 is 34.1 Å². The highest BCUT2D eigenvalue weighted by Crippen LogP contribution is 2.32. The molecule has 0 amide bonds. The molecule has 0 aliphatic heterocycles. The molecule has 2 nitrogen and oxygen atoms in total. The van der Waals surface area contributed by atoms with Crippen LogP contribution >= 0.6 is 23.2 Å². The Hall–Kier alpha value is -1.85. The van der Waals surface area contributed by atoms with Gasteiger partial charge in [0.05, 0.1) is 10.0 Å². The molecule has 0 unspecified atom stereocenters. The topological polar surface area (TPSA) is 25.0 Å². The van der Waals surface area contributed by atoms with Crippen LogP contribution in [0, 0.1) is 0 Å². The number of rotatable bonds is 2. The van der Waals surface area contributed by atoms with E-state index in [1.807, 2.05) is 6.07 Å². The second-order valence-electron chi connectivity index (χ2n) is 4.61. The van der Waals surface area contributed by atoms with E-state index in [-0.39, 0.29) is 5.75 Å². The second-order valence-corrected chi connectivity index (χ2v) is 5.42. The summed E-state index contributed by atoms with van der Waals surface area (Å²) in [6, 6.07) is 10.9. The standard InChI is InChI=1S/C15H8Cl2F3NO/c16-11-5-9-6-13(21-14(9)7-12(11)17)8-1-3-10(4-2-8)22-15(18,19)20/h1-7,21H. The van der Waals surface area contributed by atoms with Crippen molar-refractivity contribution in [1.82, 2.24) is 4.98 Å². The Balaban J connectivity index is 1.94. The largest absolute Gasteiger partial charge is 0.573 e. The maximum atomic E-state index is 12.1. The van der Waals surface area contributed by atoms with Gasteiger partial charge in [0.1, 0.15) is 5.75 Å². The summed E-state index contributed by atoms with van der Waals surface area (Å²) in [4.78, 5) is 3.14. The monoisotopic (exact) mass is 345 g/mol. The number of nitrogens with one attached hydrogen (secondary N) is 1. The van der Waals surface area contributed by atoms with Crippen LogP contribution in [0.5, 0.6) is 5.75 Å². The number of H-pyrrole nitrogens is 1. The van der Waals surface area contributed by atoms with E-state index in [9.17, 15) is 13.2 Å². The summed E-state index contributed by atoms with van der Waals surface area (Å²) in [6.45, 7) is 0. The first-order valence-electron chi connectivity index (χ1n) is 6.16. The van der Waals surface area contributed by atoms with Gasteiger partial charge in [0.2, 0.25) is 0 Å². The summed E-state index contributed by atoms with van der Waals surface area (Å²) in [7, 11) is 0. The van der Waals surface area contributed by atoms with Crippen LogP contribution in [0.3, 0.4) is 0 Å². The molecule has 3 rings (SSSR count). The zero-order valence-electron chi connectivity index (χ0n) is 10.8. The Morgan fingerprint density at radius 2 is 1.55 bits per heavy atom. The molecule has 1 N–H and O–H groups in total. The molecule has 0 saturated carbocycles. The Bertz CT molecular complexity index is 786. The lowest BCUT2D eigenvalue weighted by atomic mass is 10.1. The van der Waals surface area contributed by atoms with E-state index in [0.29, 0.717) is 10.0 Å².